The third kappa shape index (κ3) is 2.64. The van der Waals surface area contributed by atoms with Crippen LogP contribution < -0.4 is 5.32 Å². The molecule has 0 aromatic heterocycles. The zero-order chi connectivity index (χ0) is 8.10. The molecule has 1 rings (SSSR count). The fourth-order valence-corrected chi connectivity index (χ4v) is 1.45. The number of ether oxygens (including phenoxy) is 1. The van der Waals surface area contributed by atoms with Gasteiger partial charge < -0.3 is 10.1 Å². The topological polar surface area (TPSA) is 21.3 Å². The first-order valence-corrected chi connectivity index (χ1v) is 4.28. The van der Waals surface area contributed by atoms with Crippen molar-refractivity contribution in [2.45, 2.75) is 31.4 Å². The van der Waals surface area contributed by atoms with E-state index in [1.165, 1.54) is 12.8 Å². The summed E-state index contributed by atoms with van der Waals surface area (Å²) in [5.74, 6) is 0. The van der Waals surface area contributed by atoms with Crippen molar-refractivity contribution in [2.24, 2.45) is 0 Å². The Labute approximate surface area is 68.6 Å². The molecule has 0 aromatic carbocycles. The van der Waals surface area contributed by atoms with Gasteiger partial charge in [0.2, 0.25) is 0 Å². The Morgan fingerprint density at radius 3 is 3.09 bits per heavy atom. The van der Waals surface area contributed by atoms with E-state index in [9.17, 15) is 0 Å². The predicted molar refractivity (Wildman–Crippen MR) is 46.6 cm³/mol. The molecule has 2 unspecified atom stereocenters. The Morgan fingerprint density at radius 1 is 1.82 bits per heavy atom. The molecule has 1 aliphatic heterocycles. The summed E-state index contributed by atoms with van der Waals surface area (Å²) in [7, 11) is 1.96. The molecule has 2 atom stereocenters. The zero-order valence-corrected chi connectivity index (χ0v) is 7.18. The molecule has 0 bridgehead atoms. The van der Waals surface area contributed by atoms with E-state index in [-0.39, 0.29) is 0 Å². The van der Waals surface area contributed by atoms with E-state index in [1.807, 2.05) is 13.1 Å². The average Bonchev–Trinajstić information content (AvgIpc) is 2.52. The standard InChI is InChI=1S/C9H17NO/c1-3-8(10-2)7-9-5-4-6-11-9/h3,8-10H,1,4-7H2,2H3. The van der Waals surface area contributed by atoms with Crippen LogP contribution in [0.25, 0.3) is 0 Å². The van der Waals surface area contributed by atoms with Crippen molar-refractivity contribution in [2.75, 3.05) is 13.7 Å². The molecule has 0 aliphatic carbocycles. The van der Waals surface area contributed by atoms with Crippen LogP contribution in [-0.4, -0.2) is 25.8 Å². The van der Waals surface area contributed by atoms with E-state index in [2.05, 4.69) is 11.9 Å². The van der Waals surface area contributed by atoms with E-state index in [0.29, 0.717) is 12.1 Å². The van der Waals surface area contributed by atoms with Crippen LogP contribution in [0.15, 0.2) is 12.7 Å². The second-order valence-corrected chi connectivity index (χ2v) is 3.00. The zero-order valence-electron chi connectivity index (χ0n) is 7.18. The highest BCUT2D eigenvalue weighted by atomic mass is 16.5. The molecule has 11 heavy (non-hydrogen) atoms. The Morgan fingerprint density at radius 2 is 2.64 bits per heavy atom. The third-order valence-corrected chi connectivity index (χ3v) is 2.20. The van der Waals surface area contributed by atoms with Crippen LogP contribution in [0.4, 0.5) is 0 Å². The normalized spacial score (nSPS) is 26.8. The Bertz CT molecular complexity index is 119. The van der Waals surface area contributed by atoms with Gasteiger partial charge in [0.05, 0.1) is 6.10 Å². The monoisotopic (exact) mass is 155 g/mol. The van der Waals surface area contributed by atoms with Gasteiger partial charge in [-0.25, -0.2) is 0 Å². The lowest BCUT2D eigenvalue weighted by molar-refractivity contribution is 0.0994. The van der Waals surface area contributed by atoms with Crippen LogP contribution in [0.1, 0.15) is 19.3 Å². The number of nitrogens with one attached hydrogen (secondary N) is 1. The lowest BCUT2D eigenvalue weighted by Gasteiger charge is -2.15. The van der Waals surface area contributed by atoms with Gasteiger partial charge in [-0.15, -0.1) is 6.58 Å². The summed E-state index contributed by atoms with van der Waals surface area (Å²) < 4.78 is 5.50. The molecular formula is C9H17NO. The molecule has 1 aliphatic rings. The fraction of sp³-hybridized carbons (Fsp3) is 0.778. The summed E-state index contributed by atoms with van der Waals surface area (Å²) in [4.78, 5) is 0. The average molecular weight is 155 g/mol. The van der Waals surface area contributed by atoms with Crippen molar-refractivity contribution < 1.29 is 4.74 Å². The molecule has 1 saturated heterocycles. The van der Waals surface area contributed by atoms with Crippen molar-refractivity contribution in [3.63, 3.8) is 0 Å². The second-order valence-electron chi connectivity index (χ2n) is 3.00. The first-order chi connectivity index (χ1) is 5.36. The molecule has 0 spiro atoms. The number of likely N-dealkylation sites (N-methyl/N-ethyl adjacent to an activating group) is 1. The highest BCUT2D eigenvalue weighted by Crippen LogP contribution is 2.16. The van der Waals surface area contributed by atoms with Crippen molar-refractivity contribution in [1.82, 2.24) is 5.32 Å². The predicted octanol–water partition coefficient (Wildman–Crippen LogP) is 1.33. The van der Waals surface area contributed by atoms with Gasteiger partial charge in [0, 0.05) is 12.6 Å². The quantitative estimate of drug-likeness (QED) is 0.618. The van der Waals surface area contributed by atoms with E-state index < -0.39 is 0 Å². The molecule has 1 heterocycles. The first kappa shape index (κ1) is 8.75. The SMILES string of the molecule is C=CC(CC1CCCO1)NC. The van der Waals surface area contributed by atoms with E-state index in [0.717, 1.165) is 13.0 Å². The molecule has 0 aromatic rings. The van der Waals surface area contributed by atoms with Crippen LogP contribution in [0.3, 0.4) is 0 Å². The summed E-state index contributed by atoms with van der Waals surface area (Å²) >= 11 is 0. The van der Waals surface area contributed by atoms with Gasteiger partial charge in [-0.05, 0) is 26.3 Å². The van der Waals surface area contributed by atoms with Crippen molar-refractivity contribution in [3.8, 4) is 0 Å². The summed E-state index contributed by atoms with van der Waals surface area (Å²) in [6, 6.07) is 0.415. The van der Waals surface area contributed by atoms with E-state index in [4.69, 9.17) is 4.74 Å². The summed E-state index contributed by atoms with van der Waals surface area (Å²) in [6.07, 6.45) is 5.91. The van der Waals surface area contributed by atoms with Gasteiger partial charge in [-0.3, -0.25) is 0 Å². The van der Waals surface area contributed by atoms with Crippen LogP contribution in [0.5, 0.6) is 0 Å². The maximum Gasteiger partial charge on any atom is 0.0593 e. The number of rotatable bonds is 4. The molecule has 1 N–H and O–H groups in total. The molecule has 1 fully saturated rings. The molecule has 0 amide bonds. The van der Waals surface area contributed by atoms with Gasteiger partial charge >= 0.3 is 0 Å². The molecule has 2 nitrogen and oxygen atoms in total. The van der Waals surface area contributed by atoms with Crippen LogP contribution >= 0.6 is 0 Å². The summed E-state index contributed by atoms with van der Waals surface area (Å²) in [5.41, 5.74) is 0. The van der Waals surface area contributed by atoms with Crippen molar-refractivity contribution in [3.05, 3.63) is 12.7 Å². The van der Waals surface area contributed by atoms with Crippen molar-refractivity contribution >= 4 is 0 Å². The molecule has 64 valence electrons. The fourth-order valence-electron chi connectivity index (χ4n) is 1.45. The minimum Gasteiger partial charge on any atom is -0.378 e. The second kappa shape index (κ2) is 4.52. The van der Waals surface area contributed by atoms with Gasteiger partial charge in [-0.1, -0.05) is 6.08 Å². The molecule has 0 saturated carbocycles. The Kier molecular flexibility index (Phi) is 3.60. The number of hydrogen-bond donors (Lipinski definition) is 1. The van der Waals surface area contributed by atoms with E-state index >= 15 is 0 Å². The lowest BCUT2D eigenvalue weighted by atomic mass is 10.1. The first-order valence-electron chi connectivity index (χ1n) is 4.28. The van der Waals surface area contributed by atoms with Crippen LogP contribution in [0, 0.1) is 0 Å². The van der Waals surface area contributed by atoms with Gasteiger partial charge in [-0.2, -0.15) is 0 Å². The lowest BCUT2D eigenvalue weighted by Crippen LogP contribution is -2.27. The van der Waals surface area contributed by atoms with E-state index in [1.54, 1.807) is 0 Å². The minimum atomic E-state index is 0.415. The van der Waals surface area contributed by atoms with Crippen LogP contribution in [-0.2, 0) is 4.74 Å². The molecule has 2 heteroatoms. The summed E-state index contributed by atoms with van der Waals surface area (Å²) in [6.45, 7) is 4.70. The smallest absolute Gasteiger partial charge is 0.0593 e. The van der Waals surface area contributed by atoms with Crippen molar-refractivity contribution in [1.29, 1.82) is 0 Å². The van der Waals surface area contributed by atoms with Gasteiger partial charge in [0.25, 0.3) is 0 Å². The Hall–Kier alpha value is -0.340. The highest BCUT2D eigenvalue weighted by molar-refractivity contribution is 4.87. The number of hydrogen-bond acceptors (Lipinski definition) is 2. The maximum atomic E-state index is 5.50. The Balaban J connectivity index is 2.21. The molecule has 0 radical (unpaired) electrons. The summed E-state index contributed by atoms with van der Waals surface area (Å²) in [5, 5.41) is 3.18. The maximum absolute atomic E-state index is 5.50. The van der Waals surface area contributed by atoms with Crippen LogP contribution in [0.2, 0.25) is 0 Å². The van der Waals surface area contributed by atoms with Gasteiger partial charge in [0.1, 0.15) is 0 Å². The largest absolute Gasteiger partial charge is 0.378 e. The molecular weight excluding hydrogens is 138 g/mol. The highest BCUT2D eigenvalue weighted by Gasteiger charge is 2.17. The minimum absolute atomic E-state index is 0.415. The van der Waals surface area contributed by atoms with Gasteiger partial charge in [0.15, 0.2) is 0 Å². The third-order valence-electron chi connectivity index (χ3n) is 2.20.